The van der Waals surface area contributed by atoms with Crippen molar-refractivity contribution in [2.45, 2.75) is 52.0 Å². The van der Waals surface area contributed by atoms with E-state index in [4.69, 9.17) is 0 Å². The summed E-state index contributed by atoms with van der Waals surface area (Å²) in [5, 5.41) is 3.40. The third kappa shape index (κ3) is 4.82. The molecule has 0 radical (unpaired) electrons. The second-order valence-corrected chi connectivity index (χ2v) is 5.78. The summed E-state index contributed by atoms with van der Waals surface area (Å²) in [5.74, 6) is 1.91. The number of nitrogens with one attached hydrogen (secondary N) is 1. The topological polar surface area (TPSA) is 35.5 Å². The van der Waals surface area contributed by atoms with Gasteiger partial charge in [0.25, 0.3) is 0 Å². The Balaban J connectivity index is 2.24. The van der Waals surface area contributed by atoms with Gasteiger partial charge in [0.2, 0.25) is 0 Å². The van der Waals surface area contributed by atoms with Crippen LogP contribution in [0.5, 0.6) is 0 Å². The second kappa shape index (κ2) is 8.05. The van der Waals surface area contributed by atoms with Gasteiger partial charge in [0.05, 0.1) is 0 Å². The Morgan fingerprint density at radius 1 is 1.25 bits per heavy atom. The van der Waals surface area contributed by atoms with Gasteiger partial charge in [-0.2, -0.15) is 0 Å². The van der Waals surface area contributed by atoms with Gasteiger partial charge in [-0.3, -0.25) is 4.67 Å². The van der Waals surface area contributed by atoms with Crippen molar-refractivity contribution >= 4 is 8.30 Å². The Kier molecular flexibility index (Phi) is 7.02. The zero-order valence-electron chi connectivity index (χ0n) is 10.5. The van der Waals surface area contributed by atoms with Gasteiger partial charge >= 0.3 is 0 Å². The summed E-state index contributed by atoms with van der Waals surface area (Å²) >= 11 is 0. The van der Waals surface area contributed by atoms with Crippen LogP contribution in [-0.4, -0.2) is 28.7 Å². The van der Waals surface area contributed by atoms with E-state index in [0.29, 0.717) is 6.04 Å². The first-order valence-corrected chi connectivity index (χ1v) is 7.75. The number of nitrogens with zero attached hydrogens (tertiary/aromatic N) is 1. The first-order valence-electron chi connectivity index (χ1n) is 6.43. The molecule has 0 amide bonds. The molecule has 1 rings (SSSR count). The molecule has 0 spiro atoms. The summed E-state index contributed by atoms with van der Waals surface area (Å²) in [5.41, 5.74) is 0. The highest BCUT2D eigenvalue weighted by Crippen LogP contribution is 2.35. The lowest BCUT2D eigenvalue weighted by Crippen LogP contribution is -2.26. The molecule has 1 atom stereocenters. The third-order valence-corrected chi connectivity index (χ3v) is 4.73. The first-order chi connectivity index (χ1) is 7.77. The van der Waals surface area contributed by atoms with Gasteiger partial charge in [-0.05, 0) is 18.7 Å². The zero-order chi connectivity index (χ0) is 11.8. The monoisotopic (exact) mass is 244 g/mol. The highest BCUT2D eigenvalue weighted by molar-refractivity contribution is 7.52. The average Bonchev–Trinajstić information content (AvgIpc) is 2.32. The normalized spacial score (nSPS) is 20.5. The molecule has 3 nitrogen and oxygen atoms in total. The molecule has 1 aliphatic carbocycles. The van der Waals surface area contributed by atoms with E-state index in [9.17, 15) is 4.89 Å². The molecule has 1 saturated carbocycles. The maximum absolute atomic E-state index is 9.90. The van der Waals surface area contributed by atoms with Crippen LogP contribution in [0.2, 0.25) is 0 Å². The number of hydrogen-bond acceptors (Lipinski definition) is 3. The Bertz CT molecular complexity index is 201. The largest absolute Gasteiger partial charge is 0.388 e. The van der Waals surface area contributed by atoms with Crippen molar-refractivity contribution in [3.8, 4) is 0 Å². The Labute approximate surface area is 101 Å². The summed E-state index contributed by atoms with van der Waals surface area (Å²) in [7, 11) is -1.08. The fourth-order valence-electron chi connectivity index (χ4n) is 2.12. The van der Waals surface area contributed by atoms with Gasteiger partial charge in [0, 0.05) is 25.3 Å². The van der Waals surface area contributed by atoms with Crippen molar-refractivity contribution < 1.29 is 4.89 Å². The van der Waals surface area contributed by atoms with Crippen molar-refractivity contribution in [1.82, 2.24) is 9.99 Å². The molecule has 16 heavy (non-hydrogen) atoms. The van der Waals surface area contributed by atoms with Gasteiger partial charge < -0.3 is 10.2 Å². The molecule has 0 aromatic rings. The first kappa shape index (κ1) is 14.0. The standard InChI is InChI=1S/C12H25N2OP/c1-3-14(4-2)16(15)11-10-13-12-8-6-5-7-9-12/h10-13,15H,3-9H2,1-2H3/b11-10+. The Morgan fingerprint density at radius 2 is 1.88 bits per heavy atom. The van der Waals surface area contributed by atoms with Crippen LogP contribution in [0.1, 0.15) is 46.0 Å². The second-order valence-electron chi connectivity index (χ2n) is 4.28. The molecule has 1 fully saturated rings. The maximum Gasteiger partial charge on any atom is 0.128 e. The predicted molar refractivity (Wildman–Crippen MR) is 71.2 cm³/mol. The molecule has 0 heterocycles. The molecule has 1 aliphatic rings. The summed E-state index contributed by atoms with van der Waals surface area (Å²) in [4.78, 5) is 9.90. The summed E-state index contributed by atoms with van der Waals surface area (Å²) in [6.45, 7) is 5.98. The zero-order valence-corrected chi connectivity index (χ0v) is 11.4. The lowest BCUT2D eigenvalue weighted by Gasteiger charge is -2.23. The molecule has 0 aliphatic heterocycles. The van der Waals surface area contributed by atoms with Crippen molar-refractivity contribution in [3.63, 3.8) is 0 Å². The van der Waals surface area contributed by atoms with Crippen molar-refractivity contribution in [2.24, 2.45) is 0 Å². The molecule has 0 bridgehead atoms. The van der Waals surface area contributed by atoms with E-state index in [1.165, 1.54) is 32.1 Å². The predicted octanol–water partition coefficient (Wildman–Crippen LogP) is 3.03. The summed E-state index contributed by atoms with van der Waals surface area (Å²) in [6, 6.07) is 0.630. The lowest BCUT2D eigenvalue weighted by atomic mass is 9.96. The molecule has 2 N–H and O–H groups in total. The molecule has 4 heteroatoms. The fourth-order valence-corrected chi connectivity index (χ4v) is 3.11. The van der Waals surface area contributed by atoms with Crippen LogP contribution in [0, 0.1) is 0 Å². The van der Waals surface area contributed by atoms with Crippen molar-refractivity contribution in [1.29, 1.82) is 0 Å². The molecule has 0 aromatic heterocycles. The van der Waals surface area contributed by atoms with Crippen LogP contribution < -0.4 is 5.32 Å². The van der Waals surface area contributed by atoms with Crippen molar-refractivity contribution in [2.75, 3.05) is 13.1 Å². The van der Waals surface area contributed by atoms with Gasteiger partial charge in [0.1, 0.15) is 8.30 Å². The van der Waals surface area contributed by atoms with Gasteiger partial charge in [-0.25, -0.2) is 0 Å². The maximum atomic E-state index is 9.90. The van der Waals surface area contributed by atoms with E-state index in [1.807, 2.05) is 12.0 Å². The van der Waals surface area contributed by atoms with Crippen molar-refractivity contribution in [3.05, 3.63) is 12.0 Å². The molecular formula is C12H25N2OP. The van der Waals surface area contributed by atoms with Crippen LogP contribution in [-0.2, 0) is 0 Å². The fraction of sp³-hybridized carbons (Fsp3) is 0.833. The van der Waals surface area contributed by atoms with E-state index in [1.54, 1.807) is 0 Å². The van der Waals surface area contributed by atoms with E-state index in [-0.39, 0.29) is 0 Å². The minimum atomic E-state index is -1.08. The number of rotatable bonds is 6. The Hall–Kier alpha value is -0.110. The minimum Gasteiger partial charge on any atom is -0.388 e. The molecule has 0 aromatic carbocycles. The molecule has 94 valence electrons. The van der Waals surface area contributed by atoms with E-state index in [0.717, 1.165) is 13.1 Å². The van der Waals surface area contributed by atoms with Crippen LogP contribution in [0.15, 0.2) is 12.0 Å². The average molecular weight is 244 g/mol. The SMILES string of the molecule is CCN(CC)P(O)/C=C/NC1CCCCC1. The van der Waals surface area contributed by atoms with E-state index < -0.39 is 8.30 Å². The smallest absolute Gasteiger partial charge is 0.128 e. The quantitative estimate of drug-likeness (QED) is 0.705. The highest BCUT2D eigenvalue weighted by atomic mass is 31.2. The summed E-state index contributed by atoms with van der Waals surface area (Å²) in [6.07, 6.45) is 8.58. The van der Waals surface area contributed by atoms with Gasteiger partial charge in [-0.15, -0.1) is 0 Å². The van der Waals surface area contributed by atoms with Gasteiger partial charge in [-0.1, -0.05) is 33.1 Å². The molecule has 0 saturated heterocycles. The van der Waals surface area contributed by atoms with Crippen LogP contribution in [0.25, 0.3) is 0 Å². The highest BCUT2D eigenvalue weighted by Gasteiger charge is 2.12. The molecule has 1 unspecified atom stereocenters. The minimum absolute atomic E-state index is 0.630. The van der Waals surface area contributed by atoms with E-state index >= 15 is 0 Å². The molecular weight excluding hydrogens is 219 g/mol. The third-order valence-electron chi connectivity index (χ3n) is 3.16. The Morgan fingerprint density at radius 3 is 2.44 bits per heavy atom. The van der Waals surface area contributed by atoms with E-state index in [2.05, 4.69) is 23.8 Å². The van der Waals surface area contributed by atoms with Crippen LogP contribution in [0.3, 0.4) is 0 Å². The summed E-state index contributed by atoms with van der Waals surface area (Å²) < 4.78 is 2.08. The van der Waals surface area contributed by atoms with Crippen LogP contribution >= 0.6 is 8.30 Å². The van der Waals surface area contributed by atoms with Gasteiger partial charge in [0.15, 0.2) is 0 Å². The lowest BCUT2D eigenvalue weighted by molar-refractivity contribution is 0.404. The number of hydrogen-bond donors (Lipinski definition) is 2. The van der Waals surface area contributed by atoms with Crippen LogP contribution in [0.4, 0.5) is 0 Å².